The standard InChI is InChI=1S/C14H23N5O3/c1-3-10(2)22-8-12(20)18-6-4-5-11(7-18)19-9-16-14(17-19)13(15)21/h9-11H,3-8H2,1-2H3,(H2,15,21)/t10-,11+/m0/s1. The average molecular weight is 309 g/mol. The van der Waals surface area contributed by atoms with Gasteiger partial charge >= 0.3 is 0 Å². The van der Waals surface area contributed by atoms with Crippen molar-refractivity contribution in [2.45, 2.75) is 45.3 Å². The average Bonchev–Trinajstić information content (AvgIpc) is 3.02. The lowest BCUT2D eigenvalue weighted by molar-refractivity contribution is -0.139. The molecule has 2 heterocycles. The van der Waals surface area contributed by atoms with Crippen LogP contribution in [0.2, 0.25) is 0 Å². The summed E-state index contributed by atoms with van der Waals surface area (Å²) in [7, 11) is 0. The molecule has 1 saturated heterocycles. The number of likely N-dealkylation sites (tertiary alicyclic amines) is 1. The van der Waals surface area contributed by atoms with E-state index in [1.54, 1.807) is 9.58 Å². The van der Waals surface area contributed by atoms with Crippen LogP contribution in [0.15, 0.2) is 6.33 Å². The molecule has 0 bridgehead atoms. The first-order valence-electron chi connectivity index (χ1n) is 7.61. The van der Waals surface area contributed by atoms with Gasteiger partial charge in [0.05, 0.1) is 12.1 Å². The Morgan fingerprint density at radius 2 is 2.32 bits per heavy atom. The summed E-state index contributed by atoms with van der Waals surface area (Å²) in [6.07, 6.45) is 4.22. The van der Waals surface area contributed by atoms with Crippen LogP contribution in [0.1, 0.15) is 49.8 Å². The maximum atomic E-state index is 12.2. The van der Waals surface area contributed by atoms with E-state index < -0.39 is 5.91 Å². The number of carbonyl (C=O) groups is 2. The van der Waals surface area contributed by atoms with Gasteiger partial charge in [-0.25, -0.2) is 9.67 Å². The van der Waals surface area contributed by atoms with E-state index in [2.05, 4.69) is 10.1 Å². The molecule has 0 saturated carbocycles. The third-order valence-electron chi connectivity index (χ3n) is 3.92. The van der Waals surface area contributed by atoms with Crippen LogP contribution in [0, 0.1) is 0 Å². The Morgan fingerprint density at radius 1 is 1.55 bits per heavy atom. The Balaban J connectivity index is 1.93. The topological polar surface area (TPSA) is 103 Å². The second-order valence-electron chi connectivity index (χ2n) is 5.58. The number of piperidine rings is 1. The number of nitrogens with zero attached hydrogens (tertiary/aromatic N) is 4. The smallest absolute Gasteiger partial charge is 0.288 e. The summed E-state index contributed by atoms with van der Waals surface area (Å²) >= 11 is 0. The summed E-state index contributed by atoms with van der Waals surface area (Å²) in [5, 5.41) is 4.08. The van der Waals surface area contributed by atoms with Crippen molar-refractivity contribution >= 4 is 11.8 Å². The molecule has 1 aromatic rings. The van der Waals surface area contributed by atoms with Crippen molar-refractivity contribution in [1.82, 2.24) is 19.7 Å². The first kappa shape index (κ1) is 16.4. The number of amides is 2. The fourth-order valence-electron chi connectivity index (χ4n) is 2.38. The first-order valence-corrected chi connectivity index (χ1v) is 7.61. The van der Waals surface area contributed by atoms with Gasteiger partial charge in [-0.15, -0.1) is 5.10 Å². The highest BCUT2D eigenvalue weighted by Gasteiger charge is 2.26. The van der Waals surface area contributed by atoms with Crippen LogP contribution in [-0.2, 0) is 9.53 Å². The maximum absolute atomic E-state index is 12.2. The SMILES string of the molecule is CC[C@H](C)OCC(=O)N1CCC[C@@H](n2cnc(C(N)=O)n2)C1. The Labute approximate surface area is 129 Å². The van der Waals surface area contributed by atoms with E-state index >= 15 is 0 Å². The minimum atomic E-state index is -0.649. The number of primary amides is 1. The zero-order valence-electron chi connectivity index (χ0n) is 13.1. The van der Waals surface area contributed by atoms with Crippen LogP contribution < -0.4 is 5.73 Å². The lowest BCUT2D eigenvalue weighted by atomic mass is 10.1. The summed E-state index contributed by atoms with van der Waals surface area (Å²) in [5.41, 5.74) is 5.15. The van der Waals surface area contributed by atoms with Gasteiger partial charge in [-0.05, 0) is 26.2 Å². The van der Waals surface area contributed by atoms with Gasteiger partial charge in [0.2, 0.25) is 11.7 Å². The van der Waals surface area contributed by atoms with E-state index in [1.807, 2.05) is 13.8 Å². The van der Waals surface area contributed by atoms with Crippen LogP contribution in [0.25, 0.3) is 0 Å². The van der Waals surface area contributed by atoms with Crippen molar-refractivity contribution in [2.75, 3.05) is 19.7 Å². The molecule has 22 heavy (non-hydrogen) atoms. The predicted molar refractivity (Wildman–Crippen MR) is 79.1 cm³/mol. The summed E-state index contributed by atoms with van der Waals surface area (Å²) in [4.78, 5) is 28.9. The molecule has 1 aromatic heterocycles. The molecule has 122 valence electrons. The Hall–Kier alpha value is -1.96. The molecule has 0 aliphatic carbocycles. The van der Waals surface area contributed by atoms with Crippen LogP contribution in [0.4, 0.5) is 0 Å². The van der Waals surface area contributed by atoms with E-state index in [0.29, 0.717) is 6.54 Å². The highest BCUT2D eigenvalue weighted by atomic mass is 16.5. The molecule has 1 aliphatic heterocycles. The van der Waals surface area contributed by atoms with Crippen molar-refractivity contribution in [2.24, 2.45) is 5.73 Å². The van der Waals surface area contributed by atoms with Gasteiger partial charge in [0, 0.05) is 13.1 Å². The van der Waals surface area contributed by atoms with Crippen LogP contribution in [-0.4, -0.2) is 57.3 Å². The second kappa shape index (κ2) is 7.35. The van der Waals surface area contributed by atoms with Gasteiger partial charge in [0.25, 0.3) is 5.91 Å². The molecular formula is C14H23N5O3. The third kappa shape index (κ3) is 4.03. The largest absolute Gasteiger partial charge is 0.369 e. The van der Waals surface area contributed by atoms with Gasteiger partial charge in [0.1, 0.15) is 12.9 Å². The van der Waals surface area contributed by atoms with Crippen LogP contribution in [0.3, 0.4) is 0 Å². The van der Waals surface area contributed by atoms with E-state index in [-0.39, 0.29) is 30.5 Å². The third-order valence-corrected chi connectivity index (χ3v) is 3.92. The molecule has 8 heteroatoms. The molecule has 0 unspecified atom stereocenters. The number of nitrogens with two attached hydrogens (primary N) is 1. The number of rotatable bonds is 6. The monoisotopic (exact) mass is 309 g/mol. The molecule has 0 radical (unpaired) electrons. The molecule has 1 aliphatic rings. The zero-order valence-corrected chi connectivity index (χ0v) is 13.1. The first-order chi connectivity index (χ1) is 10.5. The lowest BCUT2D eigenvalue weighted by Crippen LogP contribution is -2.43. The summed E-state index contributed by atoms with van der Waals surface area (Å²) in [5.74, 6) is -0.659. The number of hydrogen-bond donors (Lipinski definition) is 1. The Bertz CT molecular complexity index is 530. The van der Waals surface area contributed by atoms with Crippen molar-refractivity contribution in [3.8, 4) is 0 Å². The molecule has 2 atom stereocenters. The minimum Gasteiger partial charge on any atom is -0.369 e. The molecule has 0 spiro atoms. The van der Waals surface area contributed by atoms with E-state index in [0.717, 1.165) is 25.8 Å². The van der Waals surface area contributed by atoms with E-state index in [9.17, 15) is 9.59 Å². The maximum Gasteiger partial charge on any atom is 0.288 e. The molecule has 0 aromatic carbocycles. The molecule has 2 amide bonds. The number of carbonyl (C=O) groups excluding carboxylic acids is 2. The van der Waals surface area contributed by atoms with Crippen molar-refractivity contribution in [3.63, 3.8) is 0 Å². The van der Waals surface area contributed by atoms with Crippen molar-refractivity contribution < 1.29 is 14.3 Å². The molecule has 2 rings (SSSR count). The van der Waals surface area contributed by atoms with Gasteiger partial charge < -0.3 is 15.4 Å². The van der Waals surface area contributed by atoms with Crippen molar-refractivity contribution in [3.05, 3.63) is 12.2 Å². The Kier molecular flexibility index (Phi) is 5.48. The lowest BCUT2D eigenvalue weighted by Gasteiger charge is -2.32. The van der Waals surface area contributed by atoms with Gasteiger partial charge in [-0.1, -0.05) is 6.92 Å². The van der Waals surface area contributed by atoms with Gasteiger partial charge in [-0.2, -0.15) is 0 Å². The fourth-order valence-corrected chi connectivity index (χ4v) is 2.38. The summed E-state index contributed by atoms with van der Waals surface area (Å²) < 4.78 is 7.12. The highest BCUT2D eigenvalue weighted by Crippen LogP contribution is 2.20. The fraction of sp³-hybridized carbons (Fsp3) is 0.714. The minimum absolute atomic E-state index is 0.00329. The summed E-state index contributed by atoms with van der Waals surface area (Å²) in [6, 6.07) is 0.0156. The van der Waals surface area contributed by atoms with Gasteiger partial charge in [-0.3, -0.25) is 9.59 Å². The number of ether oxygens (including phenoxy) is 1. The van der Waals surface area contributed by atoms with Crippen LogP contribution >= 0.6 is 0 Å². The molecule has 8 nitrogen and oxygen atoms in total. The second-order valence-corrected chi connectivity index (χ2v) is 5.58. The van der Waals surface area contributed by atoms with Crippen molar-refractivity contribution in [1.29, 1.82) is 0 Å². The van der Waals surface area contributed by atoms with Gasteiger partial charge in [0.15, 0.2) is 0 Å². The van der Waals surface area contributed by atoms with E-state index in [4.69, 9.17) is 10.5 Å². The highest BCUT2D eigenvalue weighted by molar-refractivity contribution is 5.88. The molecular weight excluding hydrogens is 286 g/mol. The zero-order chi connectivity index (χ0) is 16.1. The predicted octanol–water partition coefficient (Wildman–Crippen LogP) is 0.356. The Morgan fingerprint density at radius 3 is 2.95 bits per heavy atom. The quantitative estimate of drug-likeness (QED) is 0.817. The van der Waals surface area contributed by atoms with E-state index in [1.165, 1.54) is 6.33 Å². The molecule has 2 N–H and O–H groups in total. The van der Waals surface area contributed by atoms with Crippen LogP contribution in [0.5, 0.6) is 0 Å². The number of aromatic nitrogens is 3. The molecule has 1 fully saturated rings. The normalized spacial score (nSPS) is 19.9. The number of hydrogen-bond acceptors (Lipinski definition) is 5. The summed E-state index contributed by atoms with van der Waals surface area (Å²) in [6.45, 7) is 5.34.